The van der Waals surface area contributed by atoms with E-state index < -0.39 is 6.04 Å². The summed E-state index contributed by atoms with van der Waals surface area (Å²) in [4.78, 5) is 24.1. The summed E-state index contributed by atoms with van der Waals surface area (Å²) in [5, 5.41) is 0. The topological polar surface area (TPSA) is 37.4 Å². The quantitative estimate of drug-likeness (QED) is 0.749. The highest BCUT2D eigenvalue weighted by molar-refractivity contribution is 5.92. The molecule has 3 nitrogen and oxygen atoms in total. The molecule has 0 saturated carbocycles. The van der Waals surface area contributed by atoms with Crippen LogP contribution in [0.5, 0.6) is 0 Å². The maximum atomic E-state index is 11.4. The molecule has 92 valence electrons. The van der Waals surface area contributed by atoms with Crippen LogP contribution in [-0.2, 0) is 9.59 Å². The lowest BCUT2D eigenvalue weighted by molar-refractivity contribution is -0.119. The van der Waals surface area contributed by atoms with Gasteiger partial charge in [0.2, 0.25) is 6.41 Å². The van der Waals surface area contributed by atoms with Crippen molar-refractivity contribution in [3.05, 3.63) is 28.8 Å². The Morgan fingerprint density at radius 2 is 1.71 bits per heavy atom. The molecule has 0 spiro atoms. The molecule has 3 heteroatoms. The van der Waals surface area contributed by atoms with E-state index in [-0.39, 0.29) is 5.78 Å². The van der Waals surface area contributed by atoms with E-state index in [9.17, 15) is 9.59 Å². The van der Waals surface area contributed by atoms with Crippen molar-refractivity contribution in [1.29, 1.82) is 0 Å². The maximum Gasteiger partial charge on any atom is 0.214 e. The van der Waals surface area contributed by atoms with Crippen LogP contribution in [0, 0.1) is 20.8 Å². The number of nitrogens with zero attached hydrogens (tertiary/aromatic N) is 1. The molecule has 0 saturated heterocycles. The average molecular weight is 233 g/mol. The number of amides is 1. The highest BCUT2D eigenvalue weighted by atomic mass is 16.1. The van der Waals surface area contributed by atoms with Crippen LogP contribution in [0.25, 0.3) is 0 Å². The van der Waals surface area contributed by atoms with Gasteiger partial charge in [0.15, 0.2) is 5.78 Å². The molecular weight excluding hydrogens is 214 g/mol. The summed E-state index contributed by atoms with van der Waals surface area (Å²) in [7, 11) is 0. The fraction of sp³-hybridized carbons (Fsp3) is 0.429. The van der Waals surface area contributed by atoms with Crippen LogP contribution in [-0.4, -0.2) is 18.2 Å². The van der Waals surface area contributed by atoms with Crippen molar-refractivity contribution in [2.45, 2.75) is 40.7 Å². The second kappa shape index (κ2) is 5.13. The third kappa shape index (κ3) is 2.73. The summed E-state index contributed by atoms with van der Waals surface area (Å²) in [6.45, 7) is 9.18. The summed E-state index contributed by atoms with van der Waals surface area (Å²) in [5.74, 6) is -0.0172. The molecule has 1 aromatic carbocycles. The minimum atomic E-state index is -0.424. The Morgan fingerprint density at radius 1 is 1.24 bits per heavy atom. The molecule has 0 aliphatic carbocycles. The molecule has 0 heterocycles. The Bertz CT molecular complexity index is 429. The molecule has 0 aliphatic rings. The average Bonchev–Trinajstić information content (AvgIpc) is 2.21. The highest BCUT2D eigenvalue weighted by Crippen LogP contribution is 2.27. The molecule has 1 atom stereocenters. The van der Waals surface area contributed by atoms with Crippen molar-refractivity contribution >= 4 is 17.9 Å². The van der Waals surface area contributed by atoms with E-state index >= 15 is 0 Å². The molecule has 0 N–H and O–H groups in total. The van der Waals surface area contributed by atoms with Crippen molar-refractivity contribution in [1.82, 2.24) is 0 Å². The summed E-state index contributed by atoms with van der Waals surface area (Å²) in [6.07, 6.45) is 0.733. The van der Waals surface area contributed by atoms with E-state index in [1.807, 2.05) is 32.9 Å². The normalized spacial score (nSPS) is 12.1. The van der Waals surface area contributed by atoms with Gasteiger partial charge in [0, 0.05) is 0 Å². The van der Waals surface area contributed by atoms with Crippen molar-refractivity contribution in [3.63, 3.8) is 0 Å². The van der Waals surface area contributed by atoms with Crippen molar-refractivity contribution < 1.29 is 9.59 Å². The monoisotopic (exact) mass is 233 g/mol. The maximum absolute atomic E-state index is 11.4. The van der Waals surface area contributed by atoms with E-state index in [1.165, 1.54) is 11.8 Å². The molecule has 0 aliphatic heterocycles. The summed E-state index contributed by atoms with van der Waals surface area (Å²) >= 11 is 0. The van der Waals surface area contributed by atoms with Crippen LogP contribution in [0.1, 0.15) is 30.5 Å². The van der Waals surface area contributed by atoms with Gasteiger partial charge in [-0.15, -0.1) is 0 Å². The van der Waals surface area contributed by atoms with E-state index in [0.717, 1.165) is 28.8 Å². The minimum Gasteiger partial charge on any atom is -0.304 e. The van der Waals surface area contributed by atoms with Gasteiger partial charge >= 0.3 is 0 Å². The molecule has 0 fully saturated rings. The Balaban J connectivity index is 3.30. The smallest absolute Gasteiger partial charge is 0.214 e. The fourth-order valence-corrected chi connectivity index (χ4v) is 2.11. The first kappa shape index (κ1) is 13.4. The molecule has 1 unspecified atom stereocenters. The zero-order chi connectivity index (χ0) is 13.2. The molecule has 1 amide bonds. The number of carbonyl (C=O) groups excluding carboxylic acids is 2. The molecule has 17 heavy (non-hydrogen) atoms. The first-order chi connectivity index (χ1) is 7.88. The number of benzene rings is 1. The van der Waals surface area contributed by atoms with Crippen molar-refractivity contribution in [2.75, 3.05) is 4.90 Å². The third-order valence-electron chi connectivity index (χ3n) is 3.01. The van der Waals surface area contributed by atoms with Gasteiger partial charge in [-0.25, -0.2) is 0 Å². The van der Waals surface area contributed by atoms with Crippen LogP contribution < -0.4 is 4.90 Å². The lowest BCUT2D eigenvalue weighted by atomic mass is 10.0. The number of Topliss-reactive ketones (excluding diaryl/α,β-unsaturated/α-hetero) is 1. The summed E-state index contributed by atoms with van der Waals surface area (Å²) < 4.78 is 0. The zero-order valence-electron chi connectivity index (χ0n) is 11.1. The van der Waals surface area contributed by atoms with Gasteiger partial charge in [-0.05, 0) is 45.7 Å². The van der Waals surface area contributed by atoms with Gasteiger partial charge in [-0.2, -0.15) is 0 Å². The van der Waals surface area contributed by atoms with E-state index in [1.54, 1.807) is 6.92 Å². The predicted octanol–water partition coefficient (Wildman–Crippen LogP) is 2.55. The third-order valence-corrected chi connectivity index (χ3v) is 3.01. The molecule has 0 radical (unpaired) electrons. The second-order valence-corrected chi connectivity index (χ2v) is 4.55. The Hall–Kier alpha value is -1.64. The van der Waals surface area contributed by atoms with Gasteiger partial charge in [-0.1, -0.05) is 17.7 Å². The SMILES string of the molecule is CC(=O)C(C)N(C=O)c1c(C)cc(C)cc1C. The van der Waals surface area contributed by atoms with Crippen LogP contribution in [0.2, 0.25) is 0 Å². The van der Waals surface area contributed by atoms with Crippen molar-refractivity contribution in [2.24, 2.45) is 0 Å². The Morgan fingerprint density at radius 3 is 2.06 bits per heavy atom. The van der Waals surface area contributed by atoms with Crippen molar-refractivity contribution in [3.8, 4) is 0 Å². The number of hydrogen-bond acceptors (Lipinski definition) is 2. The minimum absolute atomic E-state index is 0.0172. The molecular formula is C14H19NO2. The fourth-order valence-electron chi connectivity index (χ4n) is 2.11. The second-order valence-electron chi connectivity index (χ2n) is 4.55. The first-order valence-electron chi connectivity index (χ1n) is 5.70. The number of hydrogen-bond donors (Lipinski definition) is 0. The van der Waals surface area contributed by atoms with Crippen LogP contribution in [0.4, 0.5) is 5.69 Å². The number of ketones is 1. The number of aryl methyl sites for hydroxylation is 3. The van der Waals surface area contributed by atoms with Crippen LogP contribution in [0.3, 0.4) is 0 Å². The van der Waals surface area contributed by atoms with Gasteiger partial charge < -0.3 is 4.90 Å². The number of carbonyl (C=O) groups is 2. The molecule has 0 bridgehead atoms. The lowest BCUT2D eigenvalue weighted by Crippen LogP contribution is -2.37. The zero-order valence-corrected chi connectivity index (χ0v) is 11.1. The molecule has 1 rings (SSSR count). The Kier molecular flexibility index (Phi) is 4.05. The van der Waals surface area contributed by atoms with Gasteiger partial charge in [0.1, 0.15) is 0 Å². The van der Waals surface area contributed by atoms with E-state index in [2.05, 4.69) is 0 Å². The first-order valence-corrected chi connectivity index (χ1v) is 5.70. The Labute approximate surface area is 102 Å². The largest absolute Gasteiger partial charge is 0.304 e. The standard InChI is InChI=1S/C14H19NO2/c1-9-6-10(2)14(11(3)7-9)15(8-16)12(4)13(5)17/h6-8,12H,1-5H3. The van der Waals surface area contributed by atoms with E-state index in [0.29, 0.717) is 0 Å². The summed E-state index contributed by atoms with van der Waals surface area (Å²) in [6, 6.07) is 3.62. The molecule has 1 aromatic rings. The van der Waals surface area contributed by atoms with Gasteiger partial charge in [-0.3, -0.25) is 9.59 Å². The number of rotatable bonds is 4. The van der Waals surface area contributed by atoms with Gasteiger partial charge in [0.05, 0.1) is 11.7 Å². The van der Waals surface area contributed by atoms with Gasteiger partial charge in [0.25, 0.3) is 0 Å². The number of anilines is 1. The summed E-state index contributed by atoms with van der Waals surface area (Å²) in [5.41, 5.74) is 4.03. The van der Waals surface area contributed by atoms with Crippen LogP contribution in [0.15, 0.2) is 12.1 Å². The molecule has 0 aromatic heterocycles. The highest BCUT2D eigenvalue weighted by Gasteiger charge is 2.21. The predicted molar refractivity (Wildman–Crippen MR) is 69.3 cm³/mol. The van der Waals surface area contributed by atoms with E-state index in [4.69, 9.17) is 0 Å². The lowest BCUT2D eigenvalue weighted by Gasteiger charge is -2.26. The van der Waals surface area contributed by atoms with Crippen LogP contribution >= 0.6 is 0 Å².